The smallest absolute Gasteiger partial charge is 0.317 e. The molecule has 0 aromatic carbocycles. The van der Waals surface area contributed by atoms with Crippen LogP contribution in [0, 0.1) is 5.92 Å². The van der Waals surface area contributed by atoms with Gasteiger partial charge >= 0.3 is 6.03 Å². The fourth-order valence-electron chi connectivity index (χ4n) is 3.10. The molecule has 0 radical (unpaired) electrons. The molecule has 3 atom stereocenters. The van der Waals surface area contributed by atoms with E-state index in [1.54, 1.807) is 0 Å². The van der Waals surface area contributed by atoms with E-state index >= 15 is 0 Å². The monoisotopic (exact) mass is 270 g/mol. The first kappa shape index (κ1) is 16.3. The summed E-state index contributed by atoms with van der Waals surface area (Å²) in [6.45, 7) is 8.72. The number of hydrogen-bond donors (Lipinski definition) is 2. The van der Waals surface area contributed by atoms with Crippen molar-refractivity contribution in [3.05, 3.63) is 0 Å². The highest BCUT2D eigenvalue weighted by Crippen LogP contribution is 2.22. The minimum atomic E-state index is -0.436. The highest BCUT2D eigenvalue weighted by Gasteiger charge is 2.29. The van der Waals surface area contributed by atoms with Crippen LogP contribution in [0.25, 0.3) is 0 Å². The molecule has 1 aliphatic rings. The van der Waals surface area contributed by atoms with Crippen LogP contribution in [-0.4, -0.2) is 40.8 Å². The van der Waals surface area contributed by atoms with Gasteiger partial charge in [-0.25, -0.2) is 4.79 Å². The van der Waals surface area contributed by atoms with Crippen LogP contribution in [0.4, 0.5) is 4.79 Å². The summed E-state index contributed by atoms with van der Waals surface area (Å²) in [4.78, 5) is 14.2. The highest BCUT2D eigenvalue weighted by atomic mass is 16.3. The summed E-state index contributed by atoms with van der Waals surface area (Å²) < 4.78 is 0. The number of amides is 2. The third kappa shape index (κ3) is 4.37. The van der Waals surface area contributed by atoms with Crippen LogP contribution in [0.3, 0.4) is 0 Å². The first-order valence-corrected chi connectivity index (χ1v) is 7.75. The van der Waals surface area contributed by atoms with Gasteiger partial charge in [-0.3, -0.25) is 0 Å². The van der Waals surface area contributed by atoms with E-state index < -0.39 is 6.10 Å². The normalized spacial score (nSPS) is 25.5. The summed E-state index contributed by atoms with van der Waals surface area (Å²) in [7, 11) is 0. The zero-order valence-corrected chi connectivity index (χ0v) is 12.9. The lowest BCUT2D eigenvalue weighted by atomic mass is 9.96. The van der Waals surface area contributed by atoms with Crippen molar-refractivity contribution in [1.82, 2.24) is 10.2 Å². The second-order valence-electron chi connectivity index (χ2n) is 5.87. The summed E-state index contributed by atoms with van der Waals surface area (Å²) in [5, 5.41) is 13.0. The van der Waals surface area contributed by atoms with Gasteiger partial charge in [-0.05, 0) is 39.0 Å². The maximum Gasteiger partial charge on any atom is 0.317 e. The summed E-state index contributed by atoms with van der Waals surface area (Å²) in [6.07, 6.45) is 4.81. The van der Waals surface area contributed by atoms with Gasteiger partial charge in [-0.2, -0.15) is 0 Å². The number of carbonyl (C=O) groups is 1. The molecule has 0 spiro atoms. The van der Waals surface area contributed by atoms with Gasteiger partial charge in [0.15, 0.2) is 0 Å². The Morgan fingerprint density at radius 2 is 1.79 bits per heavy atom. The molecule has 4 heteroatoms. The molecule has 1 heterocycles. The number of nitrogens with zero attached hydrogens (tertiary/aromatic N) is 1. The van der Waals surface area contributed by atoms with Gasteiger partial charge < -0.3 is 15.3 Å². The number of rotatable bonds is 5. The van der Waals surface area contributed by atoms with E-state index in [4.69, 9.17) is 0 Å². The number of aliphatic hydroxyl groups excluding tert-OH is 1. The van der Waals surface area contributed by atoms with Crippen LogP contribution in [-0.2, 0) is 0 Å². The Morgan fingerprint density at radius 1 is 1.26 bits per heavy atom. The van der Waals surface area contributed by atoms with Crippen molar-refractivity contribution >= 4 is 6.03 Å². The summed E-state index contributed by atoms with van der Waals surface area (Å²) in [5.74, 6) is 0.275. The van der Waals surface area contributed by atoms with Crippen molar-refractivity contribution in [2.75, 3.05) is 6.54 Å². The SMILES string of the molecule is CCC(CC)C(O)CNC(=O)N1C(C)CCCC1C. The van der Waals surface area contributed by atoms with Gasteiger partial charge in [-0.15, -0.1) is 0 Å². The number of hydrogen-bond acceptors (Lipinski definition) is 2. The van der Waals surface area contributed by atoms with E-state index in [0.717, 1.165) is 25.7 Å². The molecule has 1 saturated heterocycles. The molecule has 1 aliphatic heterocycles. The Labute approximate surface area is 117 Å². The molecule has 112 valence electrons. The van der Waals surface area contributed by atoms with Crippen molar-refractivity contribution in [3.8, 4) is 0 Å². The molecule has 1 rings (SSSR count). The first-order chi connectivity index (χ1) is 9.01. The van der Waals surface area contributed by atoms with E-state index in [-0.39, 0.29) is 11.9 Å². The lowest BCUT2D eigenvalue weighted by Gasteiger charge is -2.39. The minimum absolute atomic E-state index is 0.0234. The fourth-order valence-corrected chi connectivity index (χ4v) is 3.10. The van der Waals surface area contributed by atoms with Crippen LogP contribution in [0.5, 0.6) is 0 Å². The molecule has 4 nitrogen and oxygen atoms in total. The number of aliphatic hydroxyl groups is 1. The van der Waals surface area contributed by atoms with Gasteiger partial charge in [-0.1, -0.05) is 26.7 Å². The van der Waals surface area contributed by atoms with Crippen molar-refractivity contribution in [1.29, 1.82) is 0 Å². The molecule has 0 aliphatic carbocycles. The summed E-state index contributed by atoms with van der Waals surface area (Å²) in [6, 6.07) is 0.577. The summed E-state index contributed by atoms with van der Waals surface area (Å²) >= 11 is 0. The molecule has 0 aromatic rings. The lowest BCUT2D eigenvalue weighted by Crippen LogP contribution is -2.53. The zero-order chi connectivity index (χ0) is 14.4. The van der Waals surface area contributed by atoms with Crippen molar-refractivity contribution < 1.29 is 9.90 Å². The van der Waals surface area contributed by atoms with Crippen LogP contribution in [0.1, 0.15) is 59.8 Å². The van der Waals surface area contributed by atoms with E-state index in [1.165, 1.54) is 6.42 Å². The van der Waals surface area contributed by atoms with Gasteiger partial charge in [0.25, 0.3) is 0 Å². The largest absolute Gasteiger partial charge is 0.391 e. The van der Waals surface area contributed by atoms with Crippen LogP contribution in [0.2, 0.25) is 0 Å². The number of urea groups is 1. The first-order valence-electron chi connectivity index (χ1n) is 7.75. The average molecular weight is 270 g/mol. The third-order valence-electron chi connectivity index (χ3n) is 4.48. The van der Waals surface area contributed by atoms with Crippen molar-refractivity contribution in [3.63, 3.8) is 0 Å². The minimum Gasteiger partial charge on any atom is -0.391 e. The Balaban J connectivity index is 2.45. The Kier molecular flexibility index (Phi) is 6.63. The Bertz CT molecular complexity index is 269. The second kappa shape index (κ2) is 7.73. The van der Waals surface area contributed by atoms with Gasteiger partial charge in [0.1, 0.15) is 0 Å². The molecule has 19 heavy (non-hydrogen) atoms. The van der Waals surface area contributed by atoms with E-state index in [2.05, 4.69) is 33.0 Å². The Morgan fingerprint density at radius 3 is 2.26 bits per heavy atom. The number of carbonyl (C=O) groups excluding carboxylic acids is 1. The van der Waals surface area contributed by atoms with E-state index in [9.17, 15) is 9.90 Å². The standard InChI is InChI=1S/C15H30N2O2/c1-5-13(6-2)14(18)10-16-15(19)17-11(3)8-7-9-12(17)4/h11-14,18H,5-10H2,1-4H3,(H,16,19). The zero-order valence-electron chi connectivity index (χ0n) is 12.9. The summed E-state index contributed by atoms with van der Waals surface area (Å²) in [5.41, 5.74) is 0. The molecule has 2 amide bonds. The molecule has 0 aromatic heterocycles. The topological polar surface area (TPSA) is 52.6 Å². The van der Waals surface area contributed by atoms with Crippen LogP contribution < -0.4 is 5.32 Å². The molecular formula is C15H30N2O2. The van der Waals surface area contributed by atoms with E-state index in [1.807, 2.05) is 4.90 Å². The quantitative estimate of drug-likeness (QED) is 0.807. The van der Waals surface area contributed by atoms with Crippen LogP contribution >= 0.6 is 0 Å². The molecule has 0 bridgehead atoms. The number of piperidine rings is 1. The second-order valence-corrected chi connectivity index (χ2v) is 5.87. The molecule has 0 saturated carbocycles. The predicted molar refractivity (Wildman–Crippen MR) is 78.1 cm³/mol. The number of likely N-dealkylation sites (tertiary alicyclic amines) is 1. The van der Waals surface area contributed by atoms with Gasteiger partial charge in [0, 0.05) is 18.6 Å². The highest BCUT2D eigenvalue weighted by molar-refractivity contribution is 5.75. The van der Waals surface area contributed by atoms with Crippen LogP contribution in [0.15, 0.2) is 0 Å². The maximum atomic E-state index is 12.2. The fraction of sp³-hybridized carbons (Fsp3) is 0.933. The van der Waals surface area contributed by atoms with Crippen molar-refractivity contribution in [2.45, 2.75) is 78.0 Å². The van der Waals surface area contributed by atoms with Gasteiger partial charge in [0.2, 0.25) is 0 Å². The molecule has 2 N–H and O–H groups in total. The Hall–Kier alpha value is -0.770. The lowest BCUT2D eigenvalue weighted by molar-refractivity contribution is 0.0907. The van der Waals surface area contributed by atoms with Crippen molar-refractivity contribution in [2.24, 2.45) is 5.92 Å². The average Bonchev–Trinajstić information content (AvgIpc) is 2.37. The predicted octanol–water partition coefficient (Wildman–Crippen LogP) is 2.76. The molecular weight excluding hydrogens is 240 g/mol. The van der Waals surface area contributed by atoms with Gasteiger partial charge in [0.05, 0.1) is 6.10 Å². The third-order valence-corrected chi connectivity index (χ3v) is 4.48. The number of nitrogens with one attached hydrogen (secondary N) is 1. The molecule has 3 unspecified atom stereocenters. The maximum absolute atomic E-state index is 12.2. The molecule has 1 fully saturated rings. The van der Waals surface area contributed by atoms with E-state index in [0.29, 0.717) is 18.6 Å².